The van der Waals surface area contributed by atoms with Crippen molar-refractivity contribution in [3.05, 3.63) is 100 Å². The van der Waals surface area contributed by atoms with E-state index in [2.05, 4.69) is 20.8 Å². The van der Waals surface area contributed by atoms with Gasteiger partial charge < -0.3 is 14.9 Å². The van der Waals surface area contributed by atoms with Crippen molar-refractivity contribution in [3.8, 4) is 5.75 Å². The Morgan fingerprint density at radius 2 is 1.58 bits per heavy atom. The van der Waals surface area contributed by atoms with Crippen molar-refractivity contribution in [1.29, 1.82) is 0 Å². The molecule has 0 radical (unpaired) electrons. The highest BCUT2D eigenvalue weighted by molar-refractivity contribution is 6.51. The Labute approximate surface area is 222 Å². The summed E-state index contributed by atoms with van der Waals surface area (Å²) in [7, 11) is 1.55. The second-order valence-corrected chi connectivity index (χ2v) is 10.5. The van der Waals surface area contributed by atoms with Crippen LogP contribution in [0.3, 0.4) is 0 Å². The predicted octanol–water partition coefficient (Wildman–Crippen LogP) is 5.55. The number of methoxy groups -OCH3 is 1. The van der Waals surface area contributed by atoms with Crippen LogP contribution in [0.15, 0.2) is 72.3 Å². The van der Waals surface area contributed by atoms with Gasteiger partial charge in [-0.2, -0.15) is 0 Å². The number of ether oxygens (including phenoxy) is 1. The number of hydrogen-bond acceptors (Lipinski definition) is 5. The lowest BCUT2D eigenvalue weighted by Gasteiger charge is -2.26. The lowest BCUT2D eigenvalue weighted by molar-refractivity contribution is -0.136. The normalized spacial score (nSPS) is 17.1. The molecule has 1 fully saturated rings. The Balaban J connectivity index is 1.92. The molecular formula is C31H31NO6. The number of benzene rings is 3. The number of anilines is 1. The average molecular weight is 514 g/mol. The summed E-state index contributed by atoms with van der Waals surface area (Å²) < 4.78 is 5.28. The molecule has 1 aliphatic rings. The molecule has 1 aliphatic heterocycles. The first-order chi connectivity index (χ1) is 17.9. The molecule has 1 unspecified atom stereocenters. The Morgan fingerprint density at radius 1 is 0.947 bits per heavy atom. The topological polar surface area (TPSA) is 104 Å². The molecule has 0 bridgehead atoms. The monoisotopic (exact) mass is 513 g/mol. The standard InChI is InChI=1S/C31H31NO6/c1-18-6-11-21(31(2,3)4)17-24(18)28(35)26-27(20-9-14-23(38-5)15-10-20)32(30(37)29(26)36)22-12-7-19(8-13-22)16-25(33)34/h6-15,17,27,35H,16H2,1-5H3,(H,33,34)/b28-26+. The number of carboxylic acid groups (broad SMARTS) is 1. The van der Waals surface area contributed by atoms with Crippen molar-refractivity contribution < 1.29 is 29.3 Å². The fraction of sp³-hybridized carbons (Fsp3) is 0.258. The number of nitrogens with zero attached hydrogens (tertiary/aromatic N) is 1. The number of carbonyl (C=O) groups is 3. The van der Waals surface area contributed by atoms with Crippen LogP contribution in [0.25, 0.3) is 5.76 Å². The molecule has 1 heterocycles. The lowest BCUT2D eigenvalue weighted by Crippen LogP contribution is -2.29. The summed E-state index contributed by atoms with van der Waals surface area (Å²) in [5, 5.41) is 20.7. The maximum absolute atomic E-state index is 13.5. The molecule has 1 amide bonds. The number of aryl methyl sites for hydroxylation is 1. The van der Waals surface area contributed by atoms with E-state index in [0.29, 0.717) is 28.1 Å². The van der Waals surface area contributed by atoms with Crippen LogP contribution in [-0.2, 0) is 26.2 Å². The van der Waals surface area contributed by atoms with Gasteiger partial charge in [0.15, 0.2) is 0 Å². The summed E-state index contributed by atoms with van der Waals surface area (Å²) in [6.07, 6.45) is -0.162. The van der Waals surface area contributed by atoms with Crippen molar-refractivity contribution in [1.82, 2.24) is 0 Å². The van der Waals surface area contributed by atoms with Crippen LogP contribution in [0.2, 0.25) is 0 Å². The molecule has 1 saturated heterocycles. The zero-order valence-electron chi connectivity index (χ0n) is 22.1. The molecule has 3 aromatic rings. The van der Waals surface area contributed by atoms with E-state index in [0.717, 1.165) is 11.1 Å². The zero-order valence-corrected chi connectivity index (χ0v) is 22.1. The Bertz CT molecular complexity index is 1430. The molecule has 0 spiro atoms. The number of aliphatic carboxylic acids is 1. The quantitative estimate of drug-likeness (QED) is 0.254. The minimum atomic E-state index is -0.968. The first-order valence-electron chi connectivity index (χ1n) is 12.3. The van der Waals surface area contributed by atoms with E-state index in [1.165, 1.54) is 4.90 Å². The van der Waals surface area contributed by atoms with Gasteiger partial charge in [0.2, 0.25) is 0 Å². The molecule has 3 aromatic carbocycles. The van der Waals surface area contributed by atoms with Gasteiger partial charge in [-0.1, -0.05) is 57.2 Å². The summed E-state index contributed by atoms with van der Waals surface area (Å²) in [6, 6.07) is 18.3. The molecule has 2 N–H and O–H groups in total. The number of hydrogen-bond donors (Lipinski definition) is 2. The van der Waals surface area contributed by atoms with Crippen LogP contribution in [0.4, 0.5) is 5.69 Å². The second kappa shape index (κ2) is 10.2. The van der Waals surface area contributed by atoms with E-state index in [9.17, 15) is 19.5 Å². The third-order valence-corrected chi connectivity index (χ3v) is 6.80. The van der Waals surface area contributed by atoms with E-state index in [-0.39, 0.29) is 23.2 Å². The minimum absolute atomic E-state index is 0.0102. The molecular weight excluding hydrogens is 482 g/mol. The van der Waals surface area contributed by atoms with Gasteiger partial charge in [0.25, 0.3) is 11.7 Å². The Hall–Kier alpha value is -4.39. The molecule has 7 nitrogen and oxygen atoms in total. The van der Waals surface area contributed by atoms with Crippen molar-refractivity contribution in [2.75, 3.05) is 12.0 Å². The molecule has 4 rings (SSSR count). The van der Waals surface area contributed by atoms with E-state index in [1.54, 1.807) is 55.6 Å². The fourth-order valence-corrected chi connectivity index (χ4v) is 4.64. The van der Waals surface area contributed by atoms with Gasteiger partial charge in [0.1, 0.15) is 11.5 Å². The molecule has 196 valence electrons. The highest BCUT2D eigenvalue weighted by Gasteiger charge is 2.47. The van der Waals surface area contributed by atoms with Gasteiger partial charge >= 0.3 is 5.97 Å². The van der Waals surface area contributed by atoms with Crippen molar-refractivity contribution in [3.63, 3.8) is 0 Å². The van der Waals surface area contributed by atoms with Gasteiger partial charge in [0, 0.05) is 11.3 Å². The van der Waals surface area contributed by atoms with Crippen LogP contribution < -0.4 is 9.64 Å². The highest BCUT2D eigenvalue weighted by Crippen LogP contribution is 2.43. The predicted molar refractivity (Wildman–Crippen MR) is 145 cm³/mol. The first-order valence-corrected chi connectivity index (χ1v) is 12.3. The molecule has 0 aliphatic carbocycles. The van der Waals surface area contributed by atoms with E-state index in [1.807, 2.05) is 25.1 Å². The maximum atomic E-state index is 13.5. The highest BCUT2D eigenvalue weighted by atomic mass is 16.5. The van der Waals surface area contributed by atoms with Crippen LogP contribution in [-0.4, -0.2) is 35.0 Å². The van der Waals surface area contributed by atoms with Gasteiger partial charge in [-0.15, -0.1) is 0 Å². The summed E-state index contributed by atoms with van der Waals surface area (Å²) >= 11 is 0. The van der Waals surface area contributed by atoms with E-state index >= 15 is 0 Å². The fourth-order valence-electron chi connectivity index (χ4n) is 4.64. The maximum Gasteiger partial charge on any atom is 0.307 e. The van der Waals surface area contributed by atoms with Crippen molar-refractivity contribution in [2.45, 2.75) is 45.6 Å². The van der Waals surface area contributed by atoms with E-state index in [4.69, 9.17) is 9.84 Å². The number of Topliss-reactive ketones (excluding diaryl/α,β-unsaturated/α-hetero) is 1. The van der Waals surface area contributed by atoms with Crippen LogP contribution in [0.5, 0.6) is 5.75 Å². The number of rotatable bonds is 6. The molecule has 0 aromatic heterocycles. The lowest BCUT2D eigenvalue weighted by atomic mass is 9.84. The van der Waals surface area contributed by atoms with Gasteiger partial charge in [-0.05, 0) is 64.9 Å². The zero-order chi connectivity index (χ0) is 27.8. The second-order valence-electron chi connectivity index (χ2n) is 10.5. The summed E-state index contributed by atoms with van der Waals surface area (Å²) in [5.41, 5.74) is 3.64. The first kappa shape index (κ1) is 26.7. The van der Waals surface area contributed by atoms with Crippen LogP contribution in [0, 0.1) is 6.92 Å². The van der Waals surface area contributed by atoms with Crippen LogP contribution in [0.1, 0.15) is 54.6 Å². The van der Waals surface area contributed by atoms with Crippen molar-refractivity contribution >= 4 is 29.1 Å². The smallest absolute Gasteiger partial charge is 0.307 e. The summed E-state index contributed by atoms with van der Waals surface area (Å²) in [5.74, 6) is -2.17. The minimum Gasteiger partial charge on any atom is -0.507 e. The molecule has 38 heavy (non-hydrogen) atoms. The number of aliphatic hydroxyl groups excluding tert-OH is 1. The largest absolute Gasteiger partial charge is 0.507 e. The van der Waals surface area contributed by atoms with E-state index < -0.39 is 23.7 Å². The SMILES string of the molecule is COc1ccc(C2/C(=C(\O)c3cc(C(C)(C)C)ccc3C)C(=O)C(=O)N2c2ccc(CC(=O)O)cc2)cc1. The Morgan fingerprint density at radius 3 is 2.13 bits per heavy atom. The van der Waals surface area contributed by atoms with Crippen molar-refractivity contribution in [2.24, 2.45) is 0 Å². The number of ketones is 1. The third kappa shape index (κ3) is 5.05. The number of carboxylic acids is 1. The number of carbonyl (C=O) groups excluding carboxylic acids is 2. The molecule has 7 heteroatoms. The summed E-state index contributed by atoms with van der Waals surface area (Å²) in [6.45, 7) is 8.03. The van der Waals surface area contributed by atoms with Gasteiger partial charge in [-0.25, -0.2) is 0 Å². The summed E-state index contributed by atoms with van der Waals surface area (Å²) in [4.78, 5) is 39.4. The number of amides is 1. The van der Waals surface area contributed by atoms with Gasteiger partial charge in [-0.3, -0.25) is 19.3 Å². The Kier molecular flexibility index (Phi) is 7.14. The van der Waals surface area contributed by atoms with Gasteiger partial charge in [0.05, 0.1) is 25.1 Å². The van der Waals surface area contributed by atoms with Crippen LogP contribution >= 0.6 is 0 Å². The molecule has 0 saturated carbocycles. The average Bonchev–Trinajstić information content (AvgIpc) is 3.13. The number of aliphatic hydroxyl groups is 1. The molecule has 1 atom stereocenters. The third-order valence-electron chi connectivity index (χ3n) is 6.80.